The number of allylic oxidation sites excluding steroid dienone is 9. The summed E-state index contributed by atoms with van der Waals surface area (Å²) in [6.07, 6.45) is 99.7. The van der Waals surface area contributed by atoms with E-state index < -0.39 is 11.9 Å². The van der Waals surface area contributed by atoms with Gasteiger partial charge in [0.25, 0.3) is 0 Å². The molecule has 0 radical (unpaired) electrons. The fourth-order valence-electron chi connectivity index (χ4n) is 15.0. The Labute approximate surface area is 792 Å². The maximum absolute atomic E-state index is 12.4. The second-order valence-corrected chi connectivity index (χ2v) is 35.3. The third kappa shape index (κ3) is 116. The molecule has 4 atom stereocenters. The fourth-order valence-corrected chi connectivity index (χ4v) is 15.0. The first-order chi connectivity index (χ1) is 62.8. The van der Waals surface area contributed by atoms with E-state index in [0.29, 0.717) is 51.4 Å². The monoisotopic (exact) mass is 1830 g/mol. The Morgan fingerprint density at radius 2 is 0.403 bits per heavy atom. The summed E-state index contributed by atoms with van der Waals surface area (Å²) in [5.74, 6) is -1.94. The highest BCUT2D eigenvalue weighted by Crippen LogP contribution is 2.23. The molecule has 18 heteroatoms. The van der Waals surface area contributed by atoms with Gasteiger partial charge in [0.1, 0.15) is 24.4 Å². The topological polar surface area (TPSA) is 259 Å². The van der Waals surface area contributed by atoms with E-state index in [9.17, 15) is 43.2 Å². The molecule has 0 fully saturated rings. The van der Waals surface area contributed by atoms with Gasteiger partial charge in [-0.2, -0.15) is 0 Å². The Bertz CT molecular complexity index is 2610. The predicted molar refractivity (Wildman–Crippen MR) is 538 cm³/mol. The minimum atomic E-state index is -0.721. The summed E-state index contributed by atoms with van der Waals surface area (Å²) >= 11 is 0. The zero-order valence-corrected chi connectivity index (χ0v) is 85.7. The summed E-state index contributed by atoms with van der Waals surface area (Å²) < 4.78 is 36.8. The molecule has 0 heterocycles. The van der Waals surface area contributed by atoms with Crippen molar-refractivity contribution in [1.29, 1.82) is 0 Å². The third-order valence-corrected chi connectivity index (χ3v) is 22.9. The summed E-state index contributed by atoms with van der Waals surface area (Å²) in [5, 5.41) is 17.1. The van der Waals surface area contributed by atoms with E-state index in [0.717, 1.165) is 283 Å². The molecule has 0 aliphatic rings. The van der Waals surface area contributed by atoms with Crippen LogP contribution in [0.4, 0.5) is 0 Å². The average molecular weight is 1830 g/mol. The van der Waals surface area contributed by atoms with Gasteiger partial charge in [-0.1, -0.05) is 335 Å². The van der Waals surface area contributed by atoms with Gasteiger partial charge in [0, 0.05) is 51.4 Å². The van der Waals surface area contributed by atoms with Crippen molar-refractivity contribution in [2.75, 3.05) is 21.3 Å². The molecule has 0 saturated carbocycles. The molecule has 0 amide bonds. The lowest BCUT2D eigenvalue weighted by Gasteiger charge is -2.18. The van der Waals surface area contributed by atoms with Crippen LogP contribution in [0.25, 0.3) is 0 Å². The number of ether oxygens (including phenoxy) is 7. The molecule has 2 N–H and O–H groups in total. The van der Waals surface area contributed by atoms with E-state index in [1.165, 1.54) is 169 Å². The number of methoxy groups -OCH3 is 3. The second-order valence-electron chi connectivity index (χ2n) is 35.3. The van der Waals surface area contributed by atoms with Crippen LogP contribution in [0.5, 0.6) is 0 Å². The van der Waals surface area contributed by atoms with Crippen LogP contribution < -0.4 is 0 Å². The van der Waals surface area contributed by atoms with Crippen LogP contribution >= 0.6 is 0 Å². The molecule has 4 unspecified atom stereocenters. The van der Waals surface area contributed by atoms with Crippen LogP contribution in [-0.4, -0.2) is 110 Å². The van der Waals surface area contributed by atoms with E-state index >= 15 is 0 Å². The lowest BCUT2D eigenvalue weighted by atomic mass is 10.0. The number of carboxylic acid groups (broad SMARTS) is 2. The number of hydrogen-bond donors (Lipinski definition) is 2. The van der Waals surface area contributed by atoms with Gasteiger partial charge in [0.05, 0.1) is 27.8 Å². The van der Waals surface area contributed by atoms with E-state index in [1.807, 2.05) is 6.08 Å². The maximum atomic E-state index is 12.4. The molecule has 0 saturated heterocycles. The Balaban J connectivity index is -0.000000524. The van der Waals surface area contributed by atoms with Crippen LogP contribution in [0.2, 0.25) is 0 Å². The molecular weight excluding hydrogens is 1620 g/mol. The Morgan fingerprint density at radius 3 is 0.628 bits per heavy atom. The van der Waals surface area contributed by atoms with Crippen LogP contribution in [0.15, 0.2) is 60.8 Å². The average Bonchev–Trinajstić information content (AvgIpc) is 0.995. The van der Waals surface area contributed by atoms with Crippen LogP contribution in [-0.2, 0) is 76.3 Å². The SMILES string of the molecule is CC/C=C/CCCCCCCC(=O)O.CC/C=C/CCCCCCCC(=O)OC.CC/C=C/CCCCCCCC(=O)OC(CCC)CCCCCCCC(=O)OC.CC/C=C/CCCCCCCC(=O)OC(CCC)CCCCCCCC(=O)OC(CCC)CCCCCCCC(=O)O.CCCCCCCC/C=C/CC(=O)OC(CC)CCCCCCCCC(=O)OC. The fraction of sp³-hybridized carbons (Fsp3) is 0.829. The third-order valence-electron chi connectivity index (χ3n) is 22.9. The van der Waals surface area contributed by atoms with Crippen LogP contribution in [0.3, 0.4) is 0 Å². The number of carboxylic acids is 2. The van der Waals surface area contributed by atoms with Crippen molar-refractivity contribution >= 4 is 53.7 Å². The number of unbranched alkanes of at least 4 members (excludes halogenated alkanes) is 43. The molecule has 0 aliphatic carbocycles. The van der Waals surface area contributed by atoms with Crippen LogP contribution in [0, 0.1) is 0 Å². The number of hydrogen-bond acceptors (Lipinski definition) is 16. The molecule has 0 spiro atoms. The number of aliphatic carboxylic acids is 2. The first-order valence-electron chi connectivity index (χ1n) is 53.4. The quantitative estimate of drug-likeness (QED) is 0.0248. The van der Waals surface area contributed by atoms with Crippen LogP contribution in [0.1, 0.15) is 550 Å². The number of carbonyl (C=O) groups excluding carboxylic acids is 7. The molecule has 0 aromatic heterocycles. The van der Waals surface area contributed by atoms with Gasteiger partial charge in [0.15, 0.2) is 0 Å². The maximum Gasteiger partial charge on any atom is 0.309 e. The summed E-state index contributed by atoms with van der Waals surface area (Å²) in [7, 11) is 4.32. The van der Waals surface area contributed by atoms with Gasteiger partial charge in [-0.15, -0.1) is 0 Å². The Kier molecular flexibility index (Phi) is 115. The molecule has 0 bridgehead atoms. The molecule has 756 valence electrons. The lowest BCUT2D eigenvalue weighted by Crippen LogP contribution is -2.18. The van der Waals surface area contributed by atoms with Crippen molar-refractivity contribution in [3.63, 3.8) is 0 Å². The van der Waals surface area contributed by atoms with E-state index in [4.69, 9.17) is 29.2 Å². The molecule has 0 aromatic carbocycles. The smallest absolute Gasteiger partial charge is 0.309 e. The molecular formula is C111H204O18. The number of rotatable bonds is 89. The summed E-state index contributed by atoms with van der Waals surface area (Å²) in [4.78, 5) is 102. The summed E-state index contributed by atoms with van der Waals surface area (Å²) in [6.45, 7) is 19.4. The first kappa shape index (κ1) is 131. The number of carbonyl (C=O) groups is 9. The van der Waals surface area contributed by atoms with Gasteiger partial charge in [-0.3, -0.25) is 43.2 Å². The highest BCUT2D eigenvalue weighted by molar-refractivity contribution is 5.72. The minimum absolute atomic E-state index is 0.0118. The molecule has 18 nitrogen and oxygen atoms in total. The predicted octanol–water partition coefficient (Wildman–Crippen LogP) is 32.9. The molecule has 129 heavy (non-hydrogen) atoms. The van der Waals surface area contributed by atoms with Crippen molar-refractivity contribution in [2.24, 2.45) is 0 Å². The highest BCUT2D eigenvalue weighted by atomic mass is 16.6. The number of esters is 7. The standard InChI is InChI=1S/C36H66O6.2C25H46O4.C13H24O2.C12H22O2/c1-4-7-8-9-10-11-12-18-23-30-35(39)41-33(26-6-3)28-21-16-14-19-24-31-36(40)42-32(25-5-2)27-20-15-13-17-22-29-34(37)38;1-4-6-7-8-9-10-11-16-19-22-25(27)29-23(5-2)20-17-14-12-13-15-18-21-24(26)28-3;1-4-6-7-8-9-10-11-14-18-22-25(27)29-23(19-5-2)20-16-13-12-15-17-21-24(26)28-3;1-3-4-5-6-7-8-9-10-11-12-13(14)15-2;1-2-3-4-5-6-7-8-9-10-11-12(13)14/h7-8,32-33H,4-6,9-31H2,1-3H3,(H,37,38);16,19,23H,4-15,17-18,20-22H2,1-3H3;6-7,23H,4-5,8-22H2,1-3H3;4-5H,3,6-12H2,1-2H3;3-4H,2,5-11H2,1H3,(H,13,14)/b8-7+;19-16+;7-6+;5-4+;4-3+. The van der Waals surface area contributed by atoms with Gasteiger partial charge in [-0.05, 0) is 218 Å². The van der Waals surface area contributed by atoms with E-state index in [-0.39, 0.29) is 72.6 Å². The van der Waals surface area contributed by atoms with Gasteiger partial charge in [-0.25, -0.2) is 0 Å². The summed E-state index contributed by atoms with van der Waals surface area (Å²) in [6, 6.07) is 0. The van der Waals surface area contributed by atoms with Crippen molar-refractivity contribution in [3.8, 4) is 0 Å². The zero-order chi connectivity index (χ0) is 96.3. The lowest BCUT2D eigenvalue weighted by molar-refractivity contribution is -0.151. The van der Waals surface area contributed by atoms with E-state index in [2.05, 4.69) is 131 Å². The van der Waals surface area contributed by atoms with E-state index in [1.54, 1.807) is 0 Å². The normalized spacial score (nSPS) is 12.1. The molecule has 0 aromatic rings. The summed E-state index contributed by atoms with van der Waals surface area (Å²) in [5.41, 5.74) is 0. The largest absolute Gasteiger partial charge is 0.481 e. The molecule has 0 aliphatic heterocycles. The zero-order valence-electron chi connectivity index (χ0n) is 85.7. The second kappa shape index (κ2) is 112. The first-order valence-corrected chi connectivity index (χ1v) is 53.4. The van der Waals surface area contributed by atoms with Gasteiger partial charge in [0.2, 0.25) is 0 Å². The van der Waals surface area contributed by atoms with Crippen molar-refractivity contribution in [3.05, 3.63) is 60.8 Å². The Hall–Kier alpha value is -6.07. The minimum Gasteiger partial charge on any atom is -0.481 e. The highest BCUT2D eigenvalue weighted by Gasteiger charge is 2.18. The van der Waals surface area contributed by atoms with Gasteiger partial charge < -0.3 is 43.4 Å². The van der Waals surface area contributed by atoms with Crippen molar-refractivity contribution < 1.29 is 86.5 Å². The molecule has 0 rings (SSSR count). The van der Waals surface area contributed by atoms with Crippen molar-refractivity contribution in [2.45, 2.75) is 575 Å². The van der Waals surface area contributed by atoms with Crippen molar-refractivity contribution in [1.82, 2.24) is 0 Å². The Morgan fingerprint density at radius 1 is 0.202 bits per heavy atom. The van der Waals surface area contributed by atoms with Gasteiger partial charge >= 0.3 is 53.7 Å².